The summed E-state index contributed by atoms with van der Waals surface area (Å²) >= 11 is 11.7. The van der Waals surface area contributed by atoms with E-state index in [1.165, 1.54) is 37.5 Å². The van der Waals surface area contributed by atoms with Gasteiger partial charge in [-0.25, -0.2) is 4.79 Å². The Kier molecular flexibility index (Phi) is 7.52. The summed E-state index contributed by atoms with van der Waals surface area (Å²) < 4.78 is 15.3. The van der Waals surface area contributed by atoms with Gasteiger partial charge in [-0.1, -0.05) is 23.2 Å². The van der Waals surface area contributed by atoms with E-state index in [0.29, 0.717) is 32.8 Å². The Morgan fingerprint density at radius 3 is 2.37 bits per heavy atom. The summed E-state index contributed by atoms with van der Waals surface area (Å²) in [6.45, 7) is -0.451. The van der Waals surface area contributed by atoms with E-state index in [2.05, 4.69) is 5.32 Å². The van der Waals surface area contributed by atoms with Crippen molar-refractivity contribution in [3.05, 3.63) is 58.1 Å². The van der Waals surface area contributed by atoms with Gasteiger partial charge in [0.25, 0.3) is 5.91 Å². The molecule has 1 amide bonds. The van der Waals surface area contributed by atoms with Gasteiger partial charge in [0.1, 0.15) is 11.5 Å². The molecule has 2 aromatic rings. The first-order valence-electron chi connectivity index (χ1n) is 7.74. The van der Waals surface area contributed by atoms with Gasteiger partial charge in [-0.2, -0.15) is 0 Å². The maximum atomic E-state index is 11.9. The molecule has 8 heteroatoms. The molecule has 2 aromatic carbocycles. The predicted molar refractivity (Wildman–Crippen MR) is 105 cm³/mol. The van der Waals surface area contributed by atoms with Crippen LogP contribution in [0.3, 0.4) is 0 Å². The maximum Gasteiger partial charge on any atom is 0.331 e. The van der Waals surface area contributed by atoms with E-state index in [0.717, 1.165) is 0 Å². The van der Waals surface area contributed by atoms with Gasteiger partial charge >= 0.3 is 5.97 Å². The number of benzene rings is 2. The lowest BCUT2D eigenvalue weighted by Gasteiger charge is -2.07. The number of methoxy groups -OCH3 is 2. The Balaban J connectivity index is 1.90. The van der Waals surface area contributed by atoms with Crippen molar-refractivity contribution < 1.29 is 23.8 Å². The van der Waals surface area contributed by atoms with Crippen LogP contribution in [0.1, 0.15) is 5.56 Å². The van der Waals surface area contributed by atoms with E-state index in [-0.39, 0.29) is 0 Å². The molecule has 0 aliphatic carbocycles. The number of anilines is 1. The van der Waals surface area contributed by atoms with E-state index < -0.39 is 18.5 Å². The lowest BCUT2D eigenvalue weighted by Crippen LogP contribution is -2.20. The number of halogens is 2. The second-order valence-corrected chi connectivity index (χ2v) is 6.13. The van der Waals surface area contributed by atoms with Crippen molar-refractivity contribution in [2.75, 3.05) is 26.1 Å². The van der Waals surface area contributed by atoms with E-state index >= 15 is 0 Å². The molecular formula is C19H17Cl2NO5. The van der Waals surface area contributed by atoms with E-state index in [4.69, 9.17) is 37.4 Å². The molecule has 0 saturated heterocycles. The molecular weight excluding hydrogens is 393 g/mol. The smallest absolute Gasteiger partial charge is 0.331 e. The van der Waals surface area contributed by atoms with Crippen LogP contribution in [0.15, 0.2) is 42.5 Å². The first-order chi connectivity index (χ1) is 12.9. The molecule has 1 N–H and O–H groups in total. The normalized spacial score (nSPS) is 10.5. The number of hydrogen-bond acceptors (Lipinski definition) is 5. The zero-order valence-electron chi connectivity index (χ0n) is 14.6. The largest absolute Gasteiger partial charge is 0.497 e. The maximum absolute atomic E-state index is 11.9. The molecule has 0 unspecified atom stereocenters. The lowest BCUT2D eigenvalue weighted by molar-refractivity contribution is -0.142. The summed E-state index contributed by atoms with van der Waals surface area (Å²) in [6.07, 6.45) is 2.73. The fraction of sp³-hybridized carbons (Fsp3) is 0.158. The van der Waals surface area contributed by atoms with E-state index in [1.807, 2.05) is 0 Å². The van der Waals surface area contributed by atoms with Crippen LogP contribution in [0.4, 0.5) is 5.69 Å². The fourth-order valence-electron chi connectivity index (χ4n) is 2.12. The third kappa shape index (κ3) is 6.51. The minimum absolute atomic E-state index is 0.381. The molecule has 0 aromatic heterocycles. The number of ether oxygens (including phenoxy) is 3. The number of hydrogen-bond donors (Lipinski definition) is 1. The molecule has 0 saturated carbocycles. The highest BCUT2D eigenvalue weighted by Gasteiger charge is 2.08. The SMILES string of the molecule is COc1ccc(C=CC(=O)OCC(=O)Nc2cc(Cl)cc(Cl)c2)c(OC)c1. The van der Waals surface area contributed by atoms with E-state index in [9.17, 15) is 9.59 Å². The average molecular weight is 410 g/mol. The van der Waals surface area contributed by atoms with Gasteiger partial charge in [-0.3, -0.25) is 4.79 Å². The standard InChI is InChI=1S/C19H17Cl2NO5/c1-25-16-5-3-12(17(10-16)26-2)4-6-19(24)27-11-18(23)22-15-8-13(20)7-14(21)9-15/h3-10H,11H2,1-2H3,(H,22,23). The minimum atomic E-state index is -0.674. The zero-order valence-corrected chi connectivity index (χ0v) is 16.1. The molecule has 0 spiro atoms. The number of amides is 1. The molecule has 0 aliphatic rings. The van der Waals surface area contributed by atoms with Crippen LogP contribution in [0.25, 0.3) is 6.08 Å². The fourth-order valence-corrected chi connectivity index (χ4v) is 2.65. The molecule has 0 atom stereocenters. The van der Waals surface area contributed by atoms with Gasteiger partial charge in [0.15, 0.2) is 6.61 Å². The number of rotatable bonds is 7. The monoisotopic (exact) mass is 409 g/mol. The van der Waals surface area contributed by atoms with Crippen molar-refractivity contribution in [1.29, 1.82) is 0 Å². The number of carbonyl (C=O) groups excluding carboxylic acids is 2. The summed E-state index contributed by atoms with van der Waals surface area (Å²) in [7, 11) is 3.06. The van der Waals surface area contributed by atoms with Crippen LogP contribution in [-0.2, 0) is 14.3 Å². The Morgan fingerprint density at radius 2 is 1.74 bits per heavy atom. The van der Waals surface area contributed by atoms with Crippen molar-refractivity contribution >= 4 is 46.8 Å². The summed E-state index contributed by atoms with van der Waals surface area (Å²) in [5, 5.41) is 3.30. The lowest BCUT2D eigenvalue weighted by atomic mass is 10.2. The molecule has 0 bridgehead atoms. The summed E-state index contributed by atoms with van der Waals surface area (Å²) in [5.74, 6) is -0.0254. The van der Waals surface area contributed by atoms with Crippen molar-refractivity contribution in [2.45, 2.75) is 0 Å². The van der Waals surface area contributed by atoms with Crippen LogP contribution in [-0.4, -0.2) is 32.7 Å². The molecule has 0 radical (unpaired) electrons. The summed E-state index contributed by atoms with van der Waals surface area (Å²) in [5.41, 5.74) is 1.07. The molecule has 0 heterocycles. The molecule has 0 aliphatic heterocycles. The van der Waals surface area contributed by atoms with Crippen LogP contribution in [0.2, 0.25) is 10.0 Å². The summed E-state index contributed by atoms with van der Waals surface area (Å²) in [6, 6.07) is 9.76. The molecule has 0 fully saturated rings. The minimum Gasteiger partial charge on any atom is -0.497 e. The number of esters is 1. The van der Waals surface area contributed by atoms with Gasteiger partial charge < -0.3 is 19.5 Å². The molecule has 6 nitrogen and oxygen atoms in total. The second-order valence-electron chi connectivity index (χ2n) is 5.26. The zero-order chi connectivity index (χ0) is 19.8. The van der Waals surface area contributed by atoms with Crippen LogP contribution in [0.5, 0.6) is 11.5 Å². The first-order valence-corrected chi connectivity index (χ1v) is 8.49. The number of carbonyl (C=O) groups is 2. The predicted octanol–water partition coefficient (Wildman–Crippen LogP) is 4.21. The van der Waals surface area contributed by atoms with Crippen LogP contribution in [0, 0.1) is 0 Å². The van der Waals surface area contributed by atoms with Crippen molar-refractivity contribution in [3.8, 4) is 11.5 Å². The third-order valence-corrected chi connectivity index (χ3v) is 3.77. The molecule has 142 valence electrons. The first kappa shape index (κ1) is 20.6. The molecule has 27 heavy (non-hydrogen) atoms. The van der Waals surface area contributed by atoms with Gasteiger partial charge in [0.2, 0.25) is 0 Å². The second kappa shape index (κ2) is 9.85. The van der Waals surface area contributed by atoms with Crippen LogP contribution < -0.4 is 14.8 Å². The highest BCUT2D eigenvalue weighted by molar-refractivity contribution is 6.35. The van der Waals surface area contributed by atoms with Gasteiger partial charge in [0, 0.05) is 33.4 Å². The quantitative estimate of drug-likeness (QED) is 0.547. The topological polar surface area (TPSA) is 73.9 Å². The van der Waals surface area contributed by atoms with Crippen LogP contribution >= 0.6 is 23.2 Å². The van der Waals surface area contributed by atoms with Crippen molar-refractivity contribution in [1.82, 2.24) is 0 Å². The highest BCUT2D eigenvalue weighted by Crippen LogP contribution is 2.25. The number of nitrogens with one attached hydrogen (secondary N) is 1. The van der Waals surface area contributed by atoms with Gasteiger partial charge in [-0.15, -0.1) is 0 Å². The summed E-state index contributed by atoms with van der Waals surface area (Å²) in [4.78, 5) is 23.7. The molecule has 2 rings (SSSR count). The third-order valence-electron chi connectivity index (χ3n) is 3.33. The Hall–Kier alpha value is -2.70. The average Bonchev–Trinajstić information content (AvgIpc) is 2.63. The highest BCUT2D eigenvalue weighted by atomic mass is 35.5. The van der Waals surface area contributed by atoms with Crippen molar-refractivity contribution in [3.63, 3.8) is 0 Å². The van der Waals surface area contributed by atoms with Gasteiger partial charge in [-0.05, 0) is 36.4 Å². The van der Waals surface area contributed by atoms with Gasteiger partial charge in [0.05, 0.1) is 14.2 Å². The Bertz CT molecular complexity index is 847. The Labute approximate surface area is 166 Å². The Morgan fingerprint density at radius 1 is 1.04 bits per heavy atom. The van der Waals surface area contributed by atoms with E-state index in [1.54, 1.807) is 25.3 Å². The van der Waals surface area contributed by atoms with Crippen molar-refractivity contribution in [2.24, 2.45) is 0 Å².